The Bertz CT molecular complexity index is 919. The number of amides is 1. The van der Waals surface area contributed by atoms with E-state index in [1.807, 2.05) is 72.5 Å². The molecule has 162 valence electrons. The number of carbonyl (C=O) groups excluding carboxylic acids is 1. The number of ether oxygens (including phenoxy) is 1. The minimum atomic E-state index is -0.318. The van der Waals surface area contributed by atoms with Crippen molar-refractivity contribution in [3.8, 4) is 0 Å². The zero-order valence-electron chi connectivity index (χ0n) is 17.6. The summed E-state index contributed by atoms with van der Waals surface area (Å²) in [6.07, 6.45) is 2.22. The third-order valence-corrected chi connectivity index (χ3v) is 6.33. The van der Waals surface area contributed by atoms with Gasteiger partial charge in [0, 0.05) is 19.7 Å². The van der Waals surface area contributed by atoms with E-state index in [0.29, 0.717) is 24.8 Å². The first-order valence-electron chi connectivity index (χ1n) is 10.6. The highest BCUT2D eigenvalue weighted by molar-refractivity contribution is 8.00. The fraction of sp³-hybridized carbons (Fsp3) is 0.391. The smallest absolute Gasteiger partial charge is 0.236 e. The lowest BCUT2D eigenvalue weighted by atomic mass is 10.1. The summed E-state index contributed by atoms with van der Waals surface area (Å²) in [5.41, 5.74) is 2.21. The molecule has 0 N–H and O–H groups in total. The van der Waals surface area contributed by atoms with Crippen molar-refractivity contribution in [2.45, 2.75) is 55.9 Å². The first kappa shape index (κ1) is 21.5. The minimum absolute atomic E-state index is 0.0596. The number of nitrogens with zero attached hydrogens (tertiary/aromatic N) is 5. The van der Waals surface area contributed by atoms with Crippen molar-refractivity contribution in [2.75, 3.05) is 6.61 Å². The molecule has 3 aromatic rings. The second-order valence-corrected chi connectivity index (χ2v) is 9.01. The van der Waals surface area contributed by atoms with E-state index in [1.165, 1.54) is 11.8 Å². The van der Waals surface area contributed by atoms with Crippen LogP contribution in [0.1, 0.15) is 30.9 Å². The van der Waals surface area contributed by atoms with Gasteiger partial charge >= 0.3 is 0 Å². The number of carbonyl (C=O) groups is 1. The molecule has 7 nitrogen and oxygen atoms in total. The van der Waals surface area contributed by atoms with Gasteiger partial charge in [0.25, 0.3) is 0 Å². The molecule has 2 heterocycles. The van der Waals surface area contributed by atoms with Crippen molar-refractivity contribution in [1.82, 2.24) is 25.1 Å². The van der Waals surface area contributed by atoms with Crippen LogP contribution in [0.3, 0.4) is 0 Å². The van der Waals surface area contributed by atoms with Gasteiger partial charge in [-0.1, -0.05) is 72.4 Å². The molecule has 1 aromatic heterocycles. The van der Waals surface area contributed by atoms with E-state index in [1.54, 1.807) is 4.68 Å². The van der Waals surface area contributed by atoms with Gasteiger partial charge in [-0.15, -0.1) is 5.10 Å². The normalized spacial score (nSPS) is 16.9. The van der Waals surface area contributed by atoms with E-state index in [4.69, 9.17) is 4.74 Å². The molecule has 0 radical (unpaired) electrons. The summed E-state index contributed by atoms with van der Waals surface area (Å²) < 4.78 is 7.46. The van der Waals surface area contributed by atoms with Gasteiger partial charge in [0.15, 0.2) is 0 Å². The van der Waals surface area contributed by atoms with Crippen LogP contribution in [0.5, 0.6) is 0 Å². The Kier molecular flexibility index (Phi) is 7.32. The molecule has 1 aliphatic rings. The number of benzene rings is 2. The van der Waals surface area contributed by atoms with E-state index in [-0.39, 0.29) is 17.3 Å². The average molecular weight is 438 g/mol. The number of hydrogen-bond acceptors (Lipinski definition) is 6. The Hall–Kier alpha value is -2.71. The monoisotopic (exact) mass is 437 g/mol. The van der Waals surface area contributed by atoms with Crippen LogP contribution in [0.15, 0.2) is 65.8 Å². The van der Waals surface area contributed by atoms with Crippen LogP contribution < -0.4 is 0 Å². The SMILES string of the molecule is C[C@H](Sc1nnnn1C[C@@H]1CCCO1)C(=O)N(Cc1ccccc1)Cc1ccccc1. The molecule has 8 heteroatoms. The summed E-state index contributed by atoms with van der Waals surface area (Å²) in [6.45, 7) is 4.44. The zero-order valence-corrected chi connectivity index (χ0v) is 18.4. The summed E-state index contributed by atoms with van der Waals surface area (Å²) in [6, 6.07) is 20.1. The summed E-state index contributed by atoms with van der Waals surface area (Å²) in [5.74, 6) is 0.0596. The number of rotatable bonds is 9. The molecule has 1 fully saturated rings. The number of tetrazole rings is 1. The topological polar surface area (TPSA) is 73.1 Å². The summed E-state index contributed by atoms with van der Waals surface area (Å²) in [4.78, 5) is 15.3. The lowest BCUT2D eigenvalue weighted by Gasteiger charge is -2.26. The molecule has 1 saturated heterocycles. The lowest BCUT2D eigenvalue weighted by molar-refractivity contribution is -0.131. The van der Waals surface area contributed by atoms with Gasteiger partial charge in [-0.2, -0.15) is 0 Å². The van der Waals surface area contributed by atoms with E-state index in [0.717, 1.165) is 30.6 Å². The highest BCUT2D eigenvalue weighted by Crippen LogP contribution is 2.25. The second kappa shape index (κ2) is 10.5. The van der Waals surface area contributed by atoms with Crippen molar-refractivity contribution in [3.05, 3.63) is 71.8 Å². The van der Waals surface area contributed by atoms with Gasteiger partial charge in [-0.3, -0.25) is 4.79 Å². The molecule has 1 aliphatic heterocycles. The molecule has 4 rings (SSSR count). The third kappa shape index (κ3) is 5.92. The predicted octanol–water partition coefficient (Wildman–Crippen LogP) is 3.56. The van der Waals surface area contributed by atoms with Crippen molar-refractivity contribution in [2.24, 2.45) is 0 Å². The highest BCUT2D eigenvalue weighted by atomic mass is 32.2. The molecule has 0 spiro atoms. The first-order chi connectivity index (χ1) is 15.2. The molecule has 1 amide bonds. The third-order valence-electron chi connectivity index (χ3n) is 5.27. The van der Waals surface area contributed by atoms with Gasteiger partial charge < -0.3 is 9.64 Å². The minimum Gasteiger partial charge on any atom is -0.376 e. The van der Waals surface area contributed by atoms with E-state index >= 15 is 0 Å². The summed E-state index contributed by atoms with van der Waals surface area (Å²) in [7, 11) is 0. The molecule has 2 atom stereocenters. The Morgan fingerprint density at radius 2 is 1.77 bits per heavy atom. The Morgan fingerprint density at radius 1 is 1.13 bits per heavy atom. The quantitative estimate of drug-likeness (QED) is 0.477. The van der Waals surface area contributed by atoms with Crippen LogP contribution in [-0.4, -0.2) is 49.0 Å². The molecule has 2 aromatic carbocycles. The Labute approximate surface area is 186 Å². The van der Waals surface area contributed by atoms with E-state index < -0.39 is 0 Å². The number of hydrogen-bond donors (Lipinski definition) is 0. The van der Waals surface area contributed by atoms with E-state index in [9.17, 15) is 4.79 Å². The van der Waals surface area contributed by atoms with Gasteiger partial charge in [-0.25, -0.2) is 4.68 Å². The maximum atomic E-state index is 13.4. The molecule has 31 heavy (non-hydrogen) atoms. The second-order valence-electron chi connectivity index (χ2n) is 7.70. The van der Waals surface area contributed by atoms with Crippen LogP contribution in [0.25, 0.3) is 0 Å². The molecular weight excluding hydrogens is 410 g/mol. The summed E-state index contributed by atoms with van der Waals surface area (Å²) in [5, 5.41) is 12.4. The Morgan fingerprint density at radius 3 is 2.35 bits per heavy atom. The van der Waals surface area contributed by atoms with Gasteiger partial charge in [0.05, 0.1) is 17.9 Å². The van der Waals surface area contributed by atoms with Crippen LogP contribution >= 0.6 is 11.8 Å². The molecule has 0 bridgehead atoms. The van der Waals surface area contributed by atoms with Crippen LogP contribution in [-0.2, 0) is 29.2 Å². The van der Waals surface area contributed by atoms with Gasteiger partial charge in [0.1, 0.15) is 0 Å². The highest BCUT2D eigenvalue weighted by Gasteiger charge is 2.25. The first-order valence-corrected chi connectivity index (χ1v) is 11.5. The Balaban J connectivity index is 1.46. The number of aromatic nitrogens is 4. The van der Waals surface area contributed by atoms with Gasteiger partial charge in [0.2, 0.25) is 11.1 Å². The maximum Gasteiger partial charge on any atom is 0.236 e. The standard InChI is InChI=1S/C23H27N5O2S/c1-18(31-23-24-25-26-28(23)17-21-13-8-14-30-21)22(29)27(15-19-9-4-2-5-10-19)16-20-11-6-3-7-12-20/h2-7,9-12,18,21H,8,13-17H2,1H3/t18-,21-/m0/s1. The molecular formula is C23H27N5O2S. The molecule has 0 saturated carbocycles. The molecule has 0 unspecified atom stereocenters. The van der Waals surface area contributed by atoms with Crippen LogP contribution in [0, 0.1) is 0 Å². The fourth-order valence-electron chi connectivity index (χ4n) is 3.66. The van der Waals surface area contributed by atoms with Crippen molar-refractivity contribution >= 4 is 17.7 Å². The maximum absolute atomic E-state index is 13.4. The van der Waals surface area contributed by atoms with Crippen molar-refractivity contribution < 1.29 is 9.53 Å². The van der Waals surface area contributed by atoms with Crippen molar-refractivity contribution in [3.63, 3.8) is 0 Å². The number of thioether (sulfide) groups is 1. The van der Waals surface area contributed by atoms with Crippen LogP contribution in [0.4, 0.5) is 0 Å². The average Bonchev–Trinajstić information content (AvgIpc) is 3.47. The largest absolute Gasteiger partial charge is 0.376 e. The predicted molar refractivity (Wildman–Crippen MR) is 119 cm³/mol. The van der Waals surface area contributed by atoms with Crippen molar-refractivity contribution in [1.29, 1.82) is 0 Å². The van der Waals surface area contributed by atoms with Gasteiger partial charge in [-0.05, 0) is 41.3 Å². The van der Waals surface area contributed by atoms with Crippen LogP contribution in [0.2, 0.25) is 0 Å². The lowest BCUT2D eigenvalue weighted by Crippen LogP contribution is -2.36. The fourth-order valence-corrected chi connectivity index (χ4v) is 4.54. The zero-order chi connectivity index (χ0) is 21.5. The van der Waals surface area contributed by atoms with E-state index in [2.05, 4.69) is 15.5 Å². The summed E-state index contributed by atoms with van der Waals surface area (Å²) >= 11 is 1.40. The molecule has 0 aliphatic carbocycles.